The third kappa shape index (κ3) is 7.37. The van der Waals surface area contributed by atoms with E-state index in [-0.39, 0.29) is 93.7 Å². The van der Waals surface area contributed by atoms with Crippen molar-refractivity contribution in [2.75, 3.05) is 73.4 Å². The summed E-state index contributed by atoms with van der Waals surface area (Å²) in [4.78, 5) is 30.6. The molecule has 4 heterocycles. The lowest BCUT2D eigenvalue weighted by Gasteiger charge is -2.63. The van der Waals surface area contributed by atoms with Gasteiger partial charge in [0.05, 0.1) is 86.5 Å². The minimum Gasteiger partial charge on any atom is -0.504 e. The van der Waals surface area contributed by atoms with Crippen LogP contribution in [-0.4, -0.2) is 178 Å². The molecule has 1 saturated heterocycles. The maximum Gasteiger partial charge on any atom is 0.246 e. The molecule has 2 amide bonds. The van der Waals surface area contributed by atoms with Crippen molar-refractivity contribution in [2.45, 2.75) is 130 Å². The quantitative estimate of drug-likeness (QED) is 0.0915. The van der Waals surface area contributed by atoms with E-state index in [2.05, 4.69) is 44.7 Å². The van der Waals surface area contributed by atoms with Crippen LogP contribution in [0.4, 0.5) is 0 Å². The molecule has 364 valence electrons. The van der Waals surface area contributed by atoms with Gasteiger partial charge in [0, 0.05) is 23.2 Å². The van der Waals surface area contributed by atoms with Crippen LogP contribution in [0.25, 0.3) is 0 Å². The number of nitrogens with one attached hydrogen (secondary N) is 2. The largest absolute Gasteiger partial charge is 0.504 e. The summed E-state index contributed by atoms with van der Waals surface area (Å²) in [5.74, 6) is 0.379. The number of aliphatic hydroxyl groups is 2. The Hall–Kier alpha value is -4.60. The Morgan fingerprint density at radius 2 is 1.43 bits per heavy atom. The highest BCUT2D eigenvalue weighted by Gasteiger charge is 2.73. The number of hydrogen-bond donors (Lipinski definition) is 6. The summed E-state index contributed by atoms with van der Waals surface area (Å²) >= 11 is 0. The topological polar surface area (TPSA) is 232 Å². The van der Waals surface area contributed by atoms with Crippen LogP contribution in [0.3, 0.4) is 0 Å². The van der Waals surface area contributed by atoms with Gasteiger partial charge >= 0.3 is 0 Å². The Labute approximate surface area is 390 Å². The molecule has 3 aliphatic heterocycles. The number of carbonyl (C=O) groups excluding carboxylic acids is 2. The predicted molar refractivity (Wildman–Crippen MR) is 239 cm³/mol. The Bertz CT molecular complexity index is 2370. The van der Waals surface area contributed by atoms with Crippen LogP contribution in [0, 0.1) is 0 Å². The van der Waals surface area contributed by atoms with Crippen molar-refractivity contribution in [3.8, 4) is 23.0 Å². The normalized spacial score (nSPS) is 32.9. The second-order valence-corrected chi connectivity index (χ2v) is 19.9. The molecule has 10 rings (SSSR count). The molecule has 3 fully saturated rings. The number of aromatic hydroxyl groups is 2. The highest BCUT2D eigenvalue weighted by Crippen LogP contribution is 2.66. The van der Waals surface area contributed by atoms with Crippen LogP contribution < -0.4 is 20.1 Å². The molecule has 0 radical (unpaired) electrons. The van der Waals surface area contributed by atoms with Crippen molar-refractivity contribution in [2.24, 2.45) is 0 Å². The molecule has 1 spiro atoms. The van der Waals surface area contributed by atoms with Crippen LogP contribution in [0.1, 0.15) is 73.9 Å². The van der Waals surface area contributed by atoms with E-state index in [1.165, 1.54) is 0 Å². The molecule has 6 N–H and O–H groups in total. The Morgan fingerprint density at radius 1 is 0.821 bits per heavy atom. The molecule has 2 bridgehead atoms. The fraction of sp³-hybridized carbons (Fsp3) is 0.667. The third-order valence-electron chi connectivity index (χ3n) is 16.6. The zero-order valence-corrected chi connectivity index (χ0v) is 38.9. The van der Waals surface area contributed by atoms with Crippen molar-refractivity contribution in [1.29, 1.82) is 0 Å². The number of likely N-dealkylation sites (tertiary alicyclic amines) is 1. The molecule has 4 aliphatic carbocycles. The first-order chi connectivity index (χ1) is 32.2. The van der Waals surface area contributed by atoms with E-state index in [4.69, 9.17) is 28.4 Å². The van der Waals surface area contributed by atoms with E-state index < -0.39 is 34.2 Å². The Balaban J connectivity index is 0.604. The standard InChI is InChI=1S/C48H65N7O12/c1-5-53(3)35-22-28-6-8-33(56)41-39(28)45(2)43(66-41)31(10-12-47(35,45)60)49-37(58)26-65-21-20-63-25-30-24-55(52-51-30)16-17-62-18-19-64-27-38(59)50-32-11-13-48(61)36-23-29-7-9-34(57)42-40(29)46(48,44(32)67-42)14-15-54(36)4/h6-9,24,31-32,35-36,43-44,56-57,60-61H,5,10-23,25-27H2,1-4H3,(H,49,58)(H,50,59)/t31-,32+,35?,36?,43-,44-,45-,46-,47+,48+/m0/s1. The van der Waals surface area contributed by atoms with Gasteiger partial charge in [-0.3, -0.25) is 9.59 Å². The highest BCUT2D eigenvalue weighted by atomic mass is 16.5. The lowest BCUT2D eigenvalue weighted by atomic mass is 9.48. The summed E-state index contributed by atoms with van der Waals surface area (Å²) in [5.41, 5.74) is 0.853. The number of rotatable bonds is 19. The Kier molecular flexibility index (Phi) is 12.2. The maximum atomic E-state index is 13.1. The molecule has 19 nitrogen and oxygen atoms in total. The zero-order chi connectivity index (χ0) is 46.9. The van der Waals surface area contributed by atoms with Gasteiger partial charge in [-0.25, -0.2) is 4.68 Å². The summed E-state index contributed by atoms with van der Waals surface area (Å²) in [6.45, 7) is 7.27. The number of likely N-dealkylation sites (N-methyl/N-ethyl adjacent to an activating group) is 2. The summed E-state index contributed by atoms with van der Waals surface area (Å²) in [6.07, 6.45) is 4.77. The third-order valence-corrected chi connectivity index (χ3v) is 16.6. The van der Waals surface area contributed by atoms with E-state index in [0.29, 0.717) is 75.3 Å². The molecular formula is C48H65N7O12. The SMILES string of the molecule is CCN(C)C1Cc2ccc(O)c3c2[C@@]2(C)[C@@H](O3)[C@@H](NC(=O)COCCOCc3cn(CCOCCOCC(=O)N[C@@H]4CC[C@@]5(O)C6Cc7ccc(O)c8c7[C@@]5(CCN6C)[C@H]4O8)nn3)CC[C@@]12O. The second-order valence-electron chi connectivity index (χ2n) is 19.9. The lowest BCUT2D eigenvalue weighted by molar-refractivity contribution is -0.187. The Morgan fingerprint density at radius 3 is 2.13 bits per heavy atom. The maximum absolute atomic E-state index is 13.1. The van der Waals surface area contributed by atoms with Crippen LogP contribution in [-0.2, 0) is 65.4 Å². The number of nitrogens with zero attached hydrogens (tertiary/aromatic N) is 5. The lowest BCUT2D eigenvalue weighted by Crippen LogP contribution is -2.77. The molecular weight excluding hydrogens is 867 g/mol. The van der Waals surface area contributed by atoms with E-state index in [1.54, 1.807) is 23.0 Å². The molecule has 1 aromatic heterocycles. The first-order valence-electron chi connectivity index (χ1n) is 23.9. The van der Waals surface area contributed by atoms with Gasteiger partial charge in [0.2, 0.25) is 11.8 Å². The monoisotopic (exact) mass is 931 g/mol. The minimum atomic E-state index is -1.11. The van der Waals surface area contributed by atoms with Crippen molar-refractivity contribution in [3.05, 3.63) is 58.4 Å². The number of ether oxygens (including phenoxy) is 6. The number of aromatic nitrogens is 3. The number of phenolic OH excluding ortho intramolecular Hbond substituents is 2. The van der Waals surface area contributed by atoms with Gasteiger partial charge in [0.1, 0.15) is 31.1 Å². The summed E-state index contributed by atoms with van der Waals surface area (Å²) in [5, 5.41) is 60.8. The van der Waals surface area contributed by atoms with Gasteiger partial charge in [0.25, 0.3) is 0 Å². The average Bonchev–Trinajstić information content (AvgIpc) is 4.02. The number of hydrogen-bond acceptors (Lipinski definition) is 16. The fourth-order valence-corrected chi connectivity index (χ4v) is 13.3. The van der Waals surface area contributed by atoms with Crippen molar-refractivity contribution >= 4 is 11.8 Å². The summed E-state index contributed by atoms with van der Waals surface area (Å²) in [6, 6.07) is 6.25. The van der Waals surface area contributed by atoms with E-state index >= 15 is 0 Å². The van der Waals surface area contributed by atoms with Crippen LogP contribution >= 0.6 is 0 Å². The molecule has 2 aromatic carbocycles. The number of amides is 2. The molecule has 3 aromatic rings. The molecule has 2 saturated carbocycles. The van der Waals surface area contributed by atoms with E-state index in [9.17, 15) is 30.0 Å². The minimum absolute atomic E-state index is 0.0387. The van der Waals surface area contributed by atoms with Crippen molar-refractivity contribution in [1.82, 2.24) is 35.4 Å². The van der Waals surface area contributed by atoms with Crippen molar-refractivity contribution in [3.63, 3.8) is 0 Å². The highest BCUT2D eigenvalue weighted by molar-refractivity contribution is 5.78. The second kappa shape index (κ2) is 17.7. The first kappa shape index (κ1) is 46.1. The van der Waals surface area contributed by atoms with Crippen LogP contribution in [0.15, 0.2) is 30.5 Å². The van der Waals surface area contributed by atoms with Gasteiger partial charge in [-0.2, -0.15) is 0 Å². The van der Waals surface area contributed by atoms with Gasteiger partial charge in [0.15, 0.2) is 23.0 Å². The van der Waals surface area contributed by atoms with Gasteiger partial charge in [-0.15, -0.1) is 5.10 Å². The molecule has 7 aliphatic rings. The predicted octanol–water partition coefficient (Wildman–Crippen LogP) is 0.830. The van der Waals surface area contributed by atoms with E-state index in [0.717, 1.165) is 35.3 Å². The first-order valence-corrected chi connectivity index (χ1v) is 23.9. The molecule has 19 heteroatoms. The number of benzene rings is 2. The molecule has 10 atom stereocenters. The summed E-state index contributed by atoms with van der Waals surface area (Å²) in [7, 11) is 4.08. The van der Waals surface area contributed by atoms with Crippen LogP contribution in [0.5, 0.6) is 23.0 Å². The van der Waals surface area contributed by atoms with Gasteiger partial charge in [-0.1, -0.05) is 24.3 Å². The van der Waals surface area contributed by atoms with Gasteiger partial charge < -0.3 is 69.3 Å². The average molecular weight is 932 g/mol. The van der Waals surface area contributed by atoms with Crippen molar-refractivity contribution < 1.29 is 58.4 Å². The number of carbonyl (C=O) groups is 2. The molecule has 2 unspecified atom stereocenters. The molecule has 67 heavy (non-hydrogen) atoms. The fourth-order valence-electron chi connectivity index (χ4n) is 13.3. The van der Waals surface area contributed by atoms with Crippen LogP contribution in [0.2, 0.25) is 0 Å². The summed E-state index contributed by atoms with van der Waals surface area (Å²) < 4.78 is 37.3. The number of phenols is 2. The van der Waals surface area contributed by atoms with E-state index in [1.807, 2.05) is 26.1 Å². The zero-order valence-electron chi connectivity index (χ0n) is 38.9. The van der Waals surface area contributed by atoms with Gasteiger partial charge in [-0.05, 0) is 102 Å². The number of piperidine rings is 1. The smallest absolute Gasteiger partial charge is 0.246 e.